The van der Waals surface area contributed by atoms with Gasteiger partial charge in [-0.15, -0.1) is 0 Å². The van der Waals surface area contributed by atoms with Gasteiger partial charge in [-0.25, -0.2) is 4.79 Å². The third-order valence-electron chi connectivity index (χ3n) is 7.19. The highest BCUT2D eigenvalue weighted by Gasteiger charge is 2.27. The second kappa shape index (κ2) is 10.5. The van der Waals surface area contributed by atoms with E-state index < -0.39 is 17.4 Å². The number of nitrogens with zero attached hydrogens (tertiary/aromatic N) is 4. The van der Waals surface area contributed by atoms with Crippen LogP contribution >= 0.6 is 11.6 Å². The summed E-state index contributed by atoms with van der Waals surface area (Å²) in [6.07, 6.45) is 2.91. The minimum absolute atomic E-state index is 0.00489. The van der Waals surface area contributed by atoms with E-state index in [2.05, 4.69) is 5.32 Å². The van der Waals surface area contributed by atoms with Crippen LogP contribution in [-0.2, 0) is 20.1 Å². The fourth-order valence-corrected chi connectivity index (χ4v) is 5.25. The molecule has 0 bridgehead atoms. The fourth-order valence-electron chi connectivity index (χ4n) is 5.05. The molecule has 1 unspecified atom stereocenters. The van der Waals surface area contributed by atoms with E-state index in [9.17, 15) is 14.7 Å². The van der Waals surface area contributed by atoms with E-state index in [0.29, 0.717) is 16.5 Å². The zero-order valence-electron chi connectivity index (χ0n) is 20.7. The van der Waals surface area contributed by atoms with E-state index in [0.717, 1.165) is 35.8 Å². The number of hydrogen-bond donors (Lipinski definition) is 3. The molecule has 4 N–H and O–H groups in total. The molecule has 10 heteroatoms. The number of rotatable bonds is 7. The standard InChI is InChI=1S/C27H31ClN6O3/c1-32-24-23(25(36)34(27(32)37)16-22(35)17-9-3-2-4-10-17)33(15-18-11-5-6-12-19(18)28)26(31-24)30-21-14-8-7-13-20(21)29/h2-6,9-12,20-22,35H,7-8,13-16,29H2,1H3,(H,30,31)/t20-,21+,22?/m0/s1. The SMILES string of the molecule is Cn1c(=O)n(CC(O)c2ccccc2)c(=O)c2c1nc(N[C@@H]1CCCC[C@@H]1N)n2Cc1ccccc1Cl. The minimum Gasteiger partial charge on any atom is -0.387 e. The van der Waals surface area contributed by atoms with Gasteiger partial charge in [-0.1, -0.05) is 73.0 Å². The van der Waals surface area contributed by atoms with E-state index in [4.69, 9.17) is 22.3 Å². The van der Waals surface area contributed by atoms with Crippen molar-refractivity contribution in [3.05, 3.63) is 91.6 Å². The van der Waals surface area contributed by atoms with Crippen LogP contribution in [0, 0.1) is 0 Å². The van der Waals surface area contributed by atoms with Crippen LogP contribution < -0.4 is 22.3 Å². The Morgan fingerprint density at radius 2 is 1.78 bits per heavy atom. The van der Waals surface area contributed by atoms with Crippen molar-refractivity contribution in [2.75, 3.05) is 5.32 Å². The van der Waals surface area contributed by atoms with Gasteiger partial charge in [-0.2, -0.15) is 4.98 Å². The lowest BCUT2D eigenvalue weighted by Crippen LogP contribution is -2.43. The minimum atomic E-state index is -1.03. The van der Waals surface area contributed by atoms with Crippen LogP contribution in [0.5, 0.6) is 0 Å². The molecule has 1 saturated carbocycles. The normalized spacial score (nSPS) is 18.7. The molecule has 0 aliphatic heterocycles. The van der Waals surface area contributed by atoms with Crippen LogP contribution in [0.15, 0.2) is 64.2 Å². The molecule has 194 valence electrons. The van der Waals surface area contributed by atoms with Gasteiger partial charge in [-0.3, -0.25) is 18.5 Å². The van der Waals surface area contributed by atoms with E-state index >= 15 is 0 Å². The summed E-state index contributed by atoms with van der Waals surface area (Å²) in [6.45, 7) is 0.0914. The van der Waals surface area contributed by atoms with Gasteiger partial charge < -0.3 is 16.2 Å². The molecule has 0 amide bonds. The van der Waals surface area contributed by atoms with Crippen molar-refractivity contribution in [1.82, 2.24) is 18.7 Å². The third kappa shape index (κ3) is 4.94. The quantitative estimate of drug-likeness (QED) is 0.343. The summed E-state index contributed by atoms with van der Waals surface area (Å²) in [4.78, 5) is 31.8. The molecule has 2 aromatic heterocycles. The molecule has 0 radical (unpaired) electrons. The van der Waals surface area contributed by atoms with Crippen molar-refractivity contribution in [3.63, 3.8) is 0 Å². The maximum absolute atomic E-state index is 13.8. The van der Waals surface area contributed by atoms with Gasteiger partial charge in [0.05, 0.1) is 19.2 Å². The lowest BCUT2D eigenvalue weighted by Gasteiger charge is -2.29. The Bertz CT molecular complexity index is 1530. The smallest absolute Gasteiger partial charge is 0.332 e. The Hall–Kier alpha value is -3.40. The molecule has 2 heterocycles. The van der Waals surface area contributed by atoms with Gasteiger partial charge in [0.1, 0.15) is 0 Å². The van der Waals surface area contributed by atoms with Crippen LogP contribution in [0.3, 0.4) is 0 Å². The van der Waals surface area contributed by atoms with Gasteiger partial charge in [0.15, 0.2) is 11.2 Å². The molecular formula is C27H31ClN6O3. The first-order chi connectivity index (χ1) is 17.8. The highest BCUT2D eigenvalue weighted by atomic mass is 35.5. The molecule has 5 rings (SSSR count). The Balaban J connectivity index is 1.65. The summed E-state index contributed by atoms with van der Waals surface area (Å²) >= 11 is 6.48. The predicted octanol–water partition coefficient (Wildman–Crippen LogP) is 3.01. The maximum atomic E-state index is 13.8. The van der Waals surface area contributed by atoms with Gasteiger partial charge in [0.25, 0.3) is 5.56 Å². The lowest BCUT2D eigenvalue weighted by molar-refractivity contribution is 0.153. The topological polar surface area (TPSA) is 120 Å². The lowest BCUT2D eigenvalue weighted by atomic mass is 9.91. The molecule has 9 nitrogen and oxygen atoms in total. The molecule has 0 saturated heterocycles. The van der Waals surface area contributed by atoms with Crippen LogP contribution in [0.25, 0.3) is 11.2 Å². The highest BCUT2D eigenvalue weighted by Crippen LogP contribution is 2.25. The number of aryl methyl sites for hydroxylation is 1. The Morgan fingerprint density at radius 3 is 2.51 bits per heavy atom. The highest BCUT2D eigenvalue weighted by molar-refractivity contribution is 6.31. The maximum Gasteiger partial charge on any atom is 0.332 e. The summed E-state index contributed by atoms with van der Waals surface area (Å²) < 4.78 is 4.19. The summed E-state index contributed by atoms with van der Waals surface area (Å²) in [5.41, 5.74) is 7.28. The van der Waals surface area contributed by atoms with Crippen LogP contribution in [-0.4, -0.2) is 35.9 Å². The second-order valence-corrected chi connectivity index (χ2v) is 10.1. The first kappa shape index (κ1) is 25.3. The number of imidazole rings is 1. The first-order valence-corrected chi connectivity index (χ1v) is 12.9. The third-order valence-corrected chi connectivity index (χ3v) is 7.56. The van der Waals surface area contributed by atoms with E-state index in [1.54, 1.807) is 41.9 Å². The Morgan fingerprint density at radius 1 is 1.08 bits per heavy atom. The van der Waals surface area contributed by atoms with Gasteiger partial charge >= 0.3 is 5.69 Å². The summed E-state index contributed by atoms with van der Waals surface area (Å²) in [5, 5.41) is 14.8. The zero-order valence-corrected chi connectivity index (χ0v) is 21.4. The summed E-state index contributed by atoms with van der Waals surface area (Å²) in [7, 11) is 1.58. The number of aliphatic hydroxyl groups excluding tert-OH is 1. The molecule has 1 fully saturated rings. The number of fused-ring (bicyclic) bond motifs is 1. The van der Waals surface area contributed by atoms with E-state index in [1.165, 1.54) is 4.57 Å². The van der Waals surface area contributed by atoms with Crippen molar-refractivity contribution in [2.24, 2.45) is 12.8 Å². The molecule has 0 spiro atoms. The molecule has 1 aliphatic rings. The average Bonchev–Trinajstić information content (AvgIpc) is 3.26. The van der Waals surface area contributed by atoms with Crippen LogP contribution in [0.1, 0.15) is 42.9 Å². The van der Waals surface area contributed by atoms with E-state index in [-0.39, 0.29) is 36.3 Å². The van der Waals surface area contributed by atoms with Crippen LogP contribution in [0.2, 0.25) is 5.02 Å². The molecule has 4 aromatic rings. The zero-order chi connectivity index (χ0) is 26.1. The van der Waals surface area contributed by atoms with Crippen molar-refractivity contribution in [3.8, 4) is 0 Å². The number of halogens is 1. The monoisotopic (exact) mass is 522 g/mol. The van der Waals surface area contributed by atoms with Crippen molar-refractivity contribution in [2.45, 2.75) is 57.0 Å². The van der Waals surface area contributed by atoms with Gasteiger partial charge in [-0.05, 0) is 30.0 Å². The Kier molecular flexibility index (Phi) is 7.19. The summed E-state index contributed by atoms with van der Waals surface area (Å²) in [6, 6.07) is 16.3. The van der Waals surface area contributed by atoms with E-state index in [1.807, 2.05) is 24.3 Å². The van der Waals surface area contributed by atoms with Gasteiger partial charge in [0, 0.05) is 24.2 Å². The van der Waals surface area contributed by atoms with Crippen molar-refractivity contribution in [1.29, 1.82) is 0 Å². The van der Waals surface area contributed by atoms with Gasteiger partial charge in [0.2, 0.25) is 5.95 Å². The number of anilines is 1. The molecule has 1 aliphatic carbocycles. The predicted molar refractivity (Wildman–Crippen MR) is 145 cm³/mol. The molecule has 2 aromatic carbocycles. The first-order valence-electron chi connectivity index (χ1n) is 12.5. The number of aromatic nitrogens is 4. The molecular weight excluding hydrogens is 492 g/mol. The number of aliphatic hydroxyl groups is 1. The van der Waals surface area contributed by atoms with Crippen molar-refractivity contribution >= 4 is 28.7 Å². The second-order valence-electron chi connectivity index (χ2n) is 9.67. The fraction of sp³-hybridized carbons (Fsp3) is 0.370. The van der Waals surface area contributed by atoms with Crippen molar-refractivity contribution < 1.29 is 5.11 Å². The Labute approximate surface area is 219 Å². The number of nitrogens with one attached hydrogen (secondary N) is 1. The van der Waals surface area contributed by atoms with Crippen LogP contribution in [0.4, 0.5) is 5.95 Å². The average molecular weight is 523 g/mol. The number of hydrogen-bond acceptors (Lipinski definition) is 6. The molecule has 37 heavy (non-hydrogen) atoms. The molecule has 3 atom stereocenters. The summed E-state index contributed by atoms with van der Waals surface area (Å²) in [5.74, 6) is 0.464. The largest absolute Gasteiger partial charge is 0.387 e. The number of benzene rings is 2. The number of nitrogens with two attached hydrogens (primary N) is 1.